The molecular weight excluding hydrogens is 220 g/mol. The van der Waals surface area contributed by atoms with Gasteiger partial charge in [-0.15, -0.1) is 0 Å². The minimum absolute atomic E-state index is 0.935. The second kappa shape index (κ2) is 6.38. The van der Waals surface area contributed by atoms with Crippen molar-refractivity contribution in [2.24, 2.45) is 0 Å². The van der Waals surface area contributed by atoms with Crippen LogP contribution in [-0.2, 0) is 9.59 Å². The molecule has 16 heavy (non-hydrogen) atoms. The maximum absolute atomic E-state index is 10.9. The van der Waals surface area contributed by atoms with E-state index >= 15 is 0 Å². The number of hydrogen-bond acceptors (Lipinski definition) is 6. The number of likely N-dealkylation sites (N-methyl/N-ethyl adjacent to an activating group) is 2. The minimum Gasteiger partial charge on any atom is -0.387 e. The molecule has 6 N–H and O–H groups in total. The smallest absolute Gasteiger partial charge is 0.251 e. The first kappa shape index (κ1) is 14.8. The second-order valence-corrected chi connectivity index (χ2v) is 3.10. The van der Waals surface area contributed by atoms with Crippen LogP contribution in [0.1, 0.15) is 0 Å². The summed E-state index contributed by atoms with van der Waals surface area (Å²) in [5.41, 5.74) is 0. The van der Waals surface area contributed by atoms with Crippen LogP contribution >= 0.6 is 0 Å². The predicted octanol–water partition coefficient (Wildman–Crippen LogP) is -4.08. The van der Waals surface area contributed by atoms with Gasteiger partial charge in [0.15, 0.2) is 12.2 Å². The van der Waals surface area contributed by atoms with Gasteiger partial charge in [0.25, 0.3) is 11.8 Å². The van der Waals surface area contributed by atoms with Crippen LogP contribution < -0.4 is 10.6 Å². The molecule has 0 saturated carbocycles. The number of hydrogen-bond donors (Lipinski definition) is 6. The molecule has 0 aromatic rings. The fraction of sp³-hybridized carbons (Fsp3) is 0.750. The van der Waals surface area contributed by atoms with Gasteiger partial charge in [-0.3, -0.25) is 9.59 Å². The van der Waals surface area contributed by atoms with E-state index in [-0.39, 0.29) is 0 Å². The van der Waals surface area contributed by atoms with Gasteiger partial charge >= 0.3 is 0 Å². The zero-order valence-electron chi connectivity index (χ0n) is 8.91. The standard InChI is InChI=1S/C8H16N2O6/c1-9-7(15)5(13)3(11)4(12)6(14)8(16)10-2/h3-6,11-14H,1-2H3,(H,9,15)(H,10,16)/t3-,4-,5+,6+/m1/s1. The summed E-state index contributed by atoms with van der Waals surface area (Å²) in [5, 5.41) is 41.1. The highest BCUT2D eigenvalue weighted by Gasteiger charge is 2.36. The molecule has 0 aromatic carbocycles. The lowest BCUT2D eigenvalue weighted by Crippen LogP contribution is -2.53. The summed E-state index contributed by atoms with van der Waals surface area (Å²) in [6.45, 7) is 0. The third-order valence-electron chi connectivity index (χ3n) is 2.03. The molecule has 4 atom stereocenters. The Balaban J connectivity index is 4.54. The van der Waals surface area contributed by atoms with Crippen LogP contribution in [0.25, 0.3) is 0 Å². The Hall–Kier alpha value is -1.22. The fourth-order valence-corrected chi connectivity index (χ4v) is 0.979. The number of carbonyl (C=O) groups is 2. The Kier molecular flexibility index (Phi) is 5.89. The molecular formula is C8H16N2O6. The SMILES string of the molecule is CNC(=O)[C@@H](O)[C@H](O)[C@@H](O)[C@H](O)C(=O)NC. The summed E-state index contributed by atoms with van der Waals surface area (Å²) >= 11 is 0. The normalized spacial score (nSPS) is 18.1. The third-order valence-corrected chi connectivity index (χ3v) is 2.03. The molecule has 2 amide bonds. The van der Waals surface area contributed by atoms with Crippen LogP contribution in [0.15, 0.2) is 0 Å². The van der Waals surface area contributed by atoms with Gasteiger partial charge in [0.1, 0.15) is 12.2 Å². The van der Waals surface area contributed by atoms with Crippen LogP contribution in [0.2, 0.25) is 0 Å². The Labute approximate surface area is 91.9 Å². The van der Waals surface area contributed by atoms with E-state index in [0.29, 0.717) is 0 Å². The first-order valence-corrected chi connectivity index (χ1v) is 4.52. The van der Waals surface area contributed by atoms with E-state index in [2.05, 4.69) is 0 Å². The molecule has 8 nitrogen and oxygen atoms in total. The van der Waals surface area contributed by atoms with Crippen molar-refractivity contribution < 1.29 is 30.0 Å². The summed E-state index contributed by atoms with van der Waals surface area (Å²) in [5.74, 6) is -1.87. The van der Waals surface area contributed by atoms with Gasteiger partial charge in [-0.25, -0.2) is 0 Å². The highest BCUT2D eigenvalue weighted by molar-refractivity contribution is 5.82. The fourth-order valence-electron chi connectivity index (χ4n) is 0.979. The van der Waals surface area contributed by atoms with Crippen LogP contribution in [0.3, 0.4) is 0 Å². The molecule has 0 aliphatic heterocycles. The topological polar surface area (TPSA) is 139 Å². The van der Waals surface area contributed by atoms with E-state index in [0.717, 1.165) is 0 Å². The molecule has 0 aliphatic rings. The summed E-state index contributed by atoms with van der Waals surface area (Å²) in [4.78, 5) is 21.8. The van der Waals surface area contributed by atoms with Crippen LogP contribution in [0.5, 0.6) is 0 Å². The number of carbonyl (C=O) groups excluding carboxylic acids is 2. The number of aliphatic hydroxyl groups excluding tert-OH is 4. The summed E-state index contributed by atoms with van der Waals surface area (Å²) in [7, 11) is 2.44. The molecule has 0 saturated heterocycles. The van der Waals surface area contributed by atoms with Gasteiger partial charge in [0.2, 0.25) is 0 Å². The maximum Gasteiger partial charge on any atom is 0.251 e. The van der Waals surface area contributed by atoms with E-state index in [1.54, 1.807) is 0 Å². The number of rotatable bonds is 5. The van der Waals surface area contributed by atoms with Crippen molar-refractivity contribution in [1.82, 2.24) is 10.6 Å². The van der Waals surface area contributed by atoms with Crippen LogP contribution in [-0.4, -0.2) is 70.8 Å². The van der Waals surface area contributed by atoms with Crippen LogP contribution in [0, 0.1) is 0 Å². The molecule has 0 aliphatic carbocycles. The lowest BCUT2D eigenvalue weighted by Gasteiger charge is -2.24. The van der Waals surface area contributed by atoms with E-state index < -0.39 is 36.2 Å². The third kappa shape index (κ3) is 3.42. The maximum atomic E-state index is 10.9. The Bertz CT molecular complexity index is 233. The number of nitrogens with one attached hydrogen (secondary N) is 2. The average molecular weight is 236 g/mol. The zero-order valence-corrected chi connectivity index (χ0v) is 8.91. The van der Waals surface area contributed by atoms with Crippen molar-refractivity contribution in [2.45, 2.75) is 24.4 Å². The number of amides is 2. The lowest BCUT2D eigenvalue weighted by molar-refractivity contribution is -0.154. The quantitative estimate of drug-likeness (QED) is 0.287. The summed E-state index contributed by atoms with van der Waals surface area (Å²) in [6.07, 6.45) is -7.79. The molecule has 8 heteroatoms. The molecule has 94 valence electrons. The van der Waals surface area contributed by atoms with E-state index in [4.69, 9.17) is 0 Å². The molecule has 0 bridgehead atoms. The number of aliphatic hydroxyl groups is 4. The highest BCUT2D eigenvalue weighted by atomic mass is 16.4. The van der Waals surface area contributed by atoms with E-state index in [9.17, 15) is 30.0 Å². The van der Waals surface area contributed by atoms with Crippen LogP contribution in [0.4, 0.5) is 0 Å². The molecule has 0 radical (unpaired) electrons. The molecule has 0 fully saturated rings. The molecule has 0 spiro atoms. The summed E-state index contributed by atoms with van der Waals surface area (Å²) < 4.78 is 0. The molecule has 0 rings (SSSR count). The van der Waals surface area contributed by atoms with E-state index in [1.807, 2.05) is 10.6 Å². The monoisotopic (exact) mass is 236 g/mol. The molecule has 0 unspecified atom stereocenters. The Morgan fingerprint density at radius 2 is 1.06 bits per heavy atom. The van der Waals surface area contributed by atoms with Crippen molar-refractivity contribution in [3.05, 3.63) is 0 Å². The second-order valence-electron chi connectivity index (χ2n) is 3.10. The van der Waals surface area contributed by atoms with Gasteiger partial charge in [0.05, 0.1) is 0 Å². The van der Waals surface area contributed by atoms with Crippen molar-refractivity contribution in [2.75, 3.05) is 14.1 Å². The van der Waals surface area contributed by atoms with Crippen molar-refractivity contribution in [3.8, 4) is 0 Å². The van der Waals surface area contributed by atoms with Gasteiger partial charge in [-0.05, 0) is 0 Å². The zero-order chi connectivity index (χ0) is 12.9. The Morgan fingerprint density at radius 1 is 0.812 bits per heavy atom. The first-order chi connectivity index (χ1) is 7.36. The highest BCUT2D eigenvalue weighted by Crippen LogP contribution is 2.05. The van der Waals surface area contributed by atoms with Gasteiger partial charge < -0.3 is 31.1 Å². The predicted molar refractivity (Wildman–Crippen MR) is 52.2 cm³/mol. The first-order valence-electron chi connectivity index (χ1n) is 4.52. The van der Waals surface area contributed by atoms with Crippen molar-refractivity contribution in [3.63, 3.8) is 0 Å². The molecule has 0 heterocycles. The Morgan fingerprint density at radius 3 is 1.25 bits per heavy atom. The average Bonchev–Trinajstić information content (AvgIpc) is 2.32. The largest absolute Gasteiger partial charge is 0.387 e. The minimum atomic E-state index is -1.97. The van der Waals surface area contributed by atoms with Gasteiger partial charge in [-0.1, -0.05) is 0 Å². The van der Waals surface area contributed by atoms with Crippen molar-refractivity contribution in [1.29, 1.82) is 0 Å². The summed E-state index contributed by atoms with van der Waals surface area (Å²) in [6, 6.07) is 0. The van der Waals surface area contributed by atoms with Gasteiger partial charge in [0, 0.05) is 14.1 Å². The van der Waals surface area contributed by atoms with E-state index in [1.165, 1.54) is 14.1 Å². The lowest BCUT2D eigenvalue weighted by atomic mass is 10.0. The van der Waals surface area contributed by atoms with Crippen molar-refractivity contribution >= 4 is 11.8 Å². The molecule has 0 aromatic heterocycles. The van der Waals surface area contributed by atoms with Gasteiger partial charge in [-0.2, -0.15) is 0 Å².